The summed E-state index contributed by atoms with van der Waals surface area (Å²) in [6.45, 7) is 1.69. The number of alkyl halides is 1. The molecule has 1 atom stereocenters. The van der Waals surface area contributed by atoms with Crippen molar-refractivity contribution in [1.82, 2.24) is 0 Å². The highest BCUT2D eigenvalue weighted by Crippen LogP contribution is 2.27. The first-order chi connectivity index (χ1) is 8.79. The van der Waals surface area contributed by atoms with E-state index >= 15 is 0 Å². The van der Waals surface area contributed by atoms with E-state index in [1.807, 2.05) is 6.07 Å². The van der Waals surface area contributed by atoms with E-state index in [0.29, 0.717) is 6.10 Å². The Bertz CT molecular complexity index is 376. The lowest BCUT2D eigenvalue weighted by molar-refractivity contribution is 0.0981. The van der Waals surface area contributed by atoms with E-state index in [4.69, 9.17) is 9.47 Å². The van der Waals surface area contributed by atoms with Gasteiger partial charge in [-0.3, -0.25) is 0 Å². The summed E-state index contributed by atoms with van der Waals surface area (Å²) in [5.74, 6) is 0.923. The number of hydrogen-bond donors (Lipinski definition) is 0. The zero-order valence-electron chi connectivity index (χ0n) is 10.3. The monoisotopic (exact) mass is 376 g/mol. The number of benzene rings is 1. The van der Waals surface area contributed by atoms with E-state index in [0.717, 1.165) is 41.6 Å². The molecule has 1 aromatic carbocycles. The molecule has 18 heavy (non-hydrogen) atoms. The summed E-state index contributed by atoms with van der Waals surface area (Å²) in [7, 11) is 0. The van der Waals surface area contributed by atoms with Crippen molar-refractivity contribution >= 4 is 31.9 Å². The lowest BCUT2D eigenvalue weighted by atomic mass is 10.1. The van der Waals surface area contributed by atoms with Crippen LogP contribution in [0.25, 0.3) is 0 Å². The highest BCUT2D eigenvalue weighted by atomic mass is 79.9. The molecule has 1 unspecified atom stereocenters. The minimum atomic E-state index is 0.466. The molecule has 0 spiro atoms. The first-order valence-corrected chi connectivity index (χ1v) is 8.30. The fourth-order valence-electron chi connectivity index (χ4n) is 2.11. The maximum atomic E-state index is 5.78. The molecule has 0 N–H and O–H groups in total. The minimum absolute atomic E-state index is 0.466. The van der Waals surface area contributed by atoms with Crippen LogP contribution in [0.5, 0.6) is 5.75 Å². The number of hydrogen-bond acceptors (Lipinski definition) is 2. The molecule has 0 bridgehead atoms. The molecule has 1 aromatic rings. The van der Waals surface area contributed by atoms with Crippen LogP contribution in [0.15, 0.2) is 22.7 Å². The molecule has 0 radical (unpaired) electrons. The van der Waals surface area contributed by atoms with Crippen molar-refractivity contribution in [1.29, 1.82) is 0 Å². The number of ether oxygens (including phenoxy) is 2. The van der Waals surface area contributed by atoms with Crippen LogP contribution in [-0.2, 0) is 10.1 Å². The van der Waals surface area contributed by atoms with E-state index in [1.165, 1.54) is 18.4 Å². The van der Waals surface area contributed by atoms with Gasteiger partial charge < -0.3 is 9.47 Å². The van der Waals surface area contributed by atoms with Crippen molar-refractivity contribution in [2.45, 2.75) is 37.1 Å². The van der Waals surface area contributed by atoms with Gasteiger partial charge in [-0.1, -0.05) is 22.0 Å². The summed E-state index contributed by atoms with van der Waals surface area (Å²) in [5.41, 5.74) is 1.24. The number of halogens is 2. The first-order valence-electron chi connectivity index (χ1n) is 6.38. The molecule has 1 aliphatic heterocycles. The third-order valence-electron chi connectivity index (χ3n) is 3.10. The molecule has 1 aliphatic rings. The van der Waals surface area contributed by atoms with Gasteiger partial charge in [-0.15, -0.1) is 0 Å². The van der Waals surface area contributed by atoms with E-state index in [-0.39, 0.29) is 0 Å². The van der Waals surface area contributed by atoms with Crippen LogP contribution in [-0.4, -0.2) is 19.3 Å². The molecular formula is C14H18Br2O2. The van der Waals surface area contributed by atoms with Crippen molar-refractivity contribution < 1.29 is 9.47 Å². The predicted molar refractivity (Wildman–Crippen MR) is 80.5 cm³/mol. The zero-order chi connectivity index (χ0) is 12.8. The van der Waals surface area contributed by atoms with Crippen molar-refractivity contribution in [3.63, 3.8) is 0 Å². The molecular weight excluding hydrogens is 360 g/mol. The summed E-state index contributed by atoms with van der Waals surface area (Å²) in [4.78, 5) is 0. The van der Waals surface area contributed by atoms with Gasteiger partial charge in [0.15, 0.2) is 0 Å². The van der Waals surface area contributed by atoms with E-state index in [9.17, 15) is 0 Å². The second kappa shape index (κ2) is 7.51. The van der Waals surface area contributed by atoms with Gasteiger partial charge >= 0.3 is 0 Å². The van der Waals surface area contributed by atoms with Gasteiger partial charge in [0.1, 0.15) is 5.75 Å². The van der Waals surface area contributed by atoms with Gasteiger partial charge in [0.2, 0.25) is 0 Å². The van der Waals surface area contributed by atoms with Crippen LogP contribution in [0, 0.1) is 0 Å². The summed E-state index contributed by atoms with van der Waals surface area (Å²) in [6.07, 6.45) is 5.05. The zero-order valence-corrected chi connectivity index (χ0v) is 13.5. The highest BCUT2D eigenvalue weighted by molar-refractivity contribution is 9.10. The Balaban J connectivity index is 1.72. The van der Waals surface area contributed by atoms with Crippen LogP contribution >= 0.6 is 31.9 Å². The Morgan fingerprint density at radius 1 is 1.39 bits per heavy atom. The van der Waals surface area contributed by atoms with Gasteiger partial charge in [0, 0.05) is 11.9 Å². The molecule has 0 saturated carbocycles. The third kappa shape index (κ3) is 4.25. The average molecular weight is 378 g/mol. The summed E-state index contributed by atoms with van der Waals surface area (Å²) in [6, 6.07) is 6.19. The maximum absolute atomic E-state index is 5.78. The lowest BCUT2D eigenvalue weighted by Crippen LogP contribution is -2.07. The molecule has 0 aromatic heterocycles. The second-order valence-corrected chi connectivity index (χ2v) is 5.94. The average Bonchev–Trinajstić information content (AvgIpc) is 2.89. The summed E-state index contributed by atoms with van der Waals surface area (Å²) in [5, 5.41) is 0.866. The van der Waals surface area contributed by atoms with Crippen molar-refractivity contribution in [3.8, 4) is 5.75 Å². The quantitative estimate of drug-likeness (QED) is 0.529. The van der Waals surface area contributed by atoms with Gasteiger partial charge in [-0.2, -0.15) is 0 Å². The van der Waals surface area contributed by atoms with Crippen LogP contribution in [0.4, 0.5) is 0 Å². The third-order valence-corrected chi connectivity index (χ3v) is 4.37. The first kappa shape index (κ1) is 14.4. The molecule has 4 heteroatoms. The fraction of sp³-hybridized carbons (Fsp3) is 0.571. The van der Waals surface area contributed by atoms with Crippen LogP contribution in [0.3, 0.4) is 0 Å². The lowest BCUT2D eigenvalue weighted by Gasteiger charge is -2.11. The molecule has 0 aliphatic carbocycles. The Labute approximate surface area is 125 Å². The standard InChI is InChI=1S/C14H18Br2O2/c15-10-11-5-6-14(13(16)9-11)18-8-2-4-12-3-1-7-17-12/h5-6,9,12H,1-4,7-8,10H2. The molecule has 2 rings (SSSR count). The topological polar surface area (TPSA) is 18.5 Å². The van der Waals surface area contributed by atoms with E-state index in [2.05, 4.69) is 44.0 Å². The van der Waals surface area contributed by atoms with Gasteiger partial charge in [-0.05, 0) is 59.3 Å². The SMILES string of the molecule is BrCc1ccc(OCCCC2CCCO2)c(Br)c1. The van der Waals surface area contributed by atoms with Gasteiger partial charge in [0.25, 0.3) is 0 Å². The molecule has 1 heterocycles. The van der Waals surface area contributed by atoms with Crippen LogP contribution in [0.2, 0.25) is 0 Å². The second-order valence-electron chi connectivity index (χ2n) is 4.52. The van der Waals surface area contributed by atoms with Crippen molar-refractivity contribution in [2.24, 2.45) is 0 Å². The molecule has 1 fully saturated rings. The Hall–Kier alpha value is -0.0600. The maximum Gasteiger partial charge on any atom is 0.133 e. The normalized spacial score (nSPS) is 19.1. The van der Waals surface area contributed by atoms with Gasteiger partial charge in [0.05, 0.1) is 17.2 Å². The smallest absolute Gasteiger partial charge is 0.133 e. The summed E-state index contributed by atoms with van der Waals surface area (Å²) < 4.78 is 12.4. The van der Waals surface area contributed by atoms with Crippen LogP contribution < -0.4 is 4.74 Å². The Morgan fingerprint density at radius 3 is 2.94 bits per heavy atom. The van der Waals surface area contributed by atoms with Crippen molar-refractivity contribution in [3.05, 3.63) is 28.2 Å². The summed E-state index contributed by atoms with van der Waals surface area (Å²) >= 11 is 6.98. The predicted octanol–water partition coefficient (Wildman–Crippen LogP) is 4.68. The number of rotatable bonds is 6. The molecule has 1 saturated heterocycles. The molecule has 0 amide bonds. The van der Waals surface area contributed by atoms with E-state index in [1.54, 1.807) is 0 Å². The van der Waals surface area contributed by atoms with E-state index < -0.39 is 0 Å². The molecule has 2 nitrogen and oxygen atoms in total. The van der Waals surface area contributed by atoms with Gasteiger partial charge in [-0.25, -0.2) is 0 Å². The minimum Gasteiger partial charge on any atom is -0.492 e. The Kier molecular flexibility index (Phi) is 5.99. The fourth-order valence-corrected chi connectivity index (χ4v) is 3.00. The largest absolute Gasteiger partial charge is 0.492 e. The highest BCUT2D eigenvalue weighted by Gasteiger charge is 2.14. The van der Waals surface area contributed by atoms with Crippen molar-refractivity contribution in [2.75, 3.05) is 13.2 Å². The molecule has 100 valence electrons. The Morgan fingerprint density at radius 2 is 2.28 bits per heavy atom. The van der Waals surface area contributed by atoms with Crippen LogP contribution in [0.1, 0.15) is 31.2 Å².